The number of amides is 2. The normalized spacial score (nSPS) is 12.0. The lowest BCUT2D eigenvalue weighted by molar-refractivity contribution is -0.120. The summed E-state index contributed by atoms with van der Waals surface area (Å²) in [7, 11) is 0. The Morgan fingerprint density at radius 2 is 1.92 bits per heavy atom. The van der Waals surface area contributed by atoms with Crippen molar-refractivity contribution in [3.63, 3.8) is 0 Å². The van der Waals surface area contributed by atoms with Gasteiger partial charge in [-0.2, -0.15) is 0 Å². The number of carbonyl (C=O) groups excluding carboxylic acids is 2. The zero-order valence-corrected chi connectivity index (χ0v) is 15.9. The predicted molar refractivity (Wildman–Crippen MR) is 106 cm³/mol. The van der Waals surface area contributed by atoms with Crippen LogP contribution in [-0.4, -0.2) is 16.8 Å². The van der Waals surface area contributed by atoms with Gasteiger partial charge in [-0.25, -0.2) is 4.98 Å². The van der Waals surface area contributed by atoms with E-state index in [1.54, 1.807) is 24.3 Å². The van der Waals surface area contributed by atoms with E-state index >= 15 is 0 Å². The van der Waals surface area contributed by atoms with Crippen LogP contribution in [0.3, 0.4) is 0 Å². The minimum Gasteiger partial charge on any atom is -0.349 e. The average Bonchev–Trinajstić information content (AvgIpc) is 2.98. The predicted octanol–water partition coefficient (Wildman–Crippen LogP) is 4.46. The molecule has 0 bridgehead atoms. The van der Waals surface area contributed by atoms with E-state index in [0.717, 1.165) is 21.3 Å². The van der Waals surface area contributed by atoms with Gasteiger partial charge in [0.15, 0.2) is 5.13 Å². The fourth-order valence-corrected chi connectivity index (χ4v) is 3.77. The molecule has 0 spiro atoms. The summed E-state index contributed by atoms with van der Waals surface area (Å²) in [6, 6.07) is 12.6. The summed E-state index contributed by atoms with van der Waals surface area (Å²) in [5, 5.41) is 6.80. The molecule has 0 saturated carbocycles. The average molecular weight is 388 g/mol. The standard InChI is InChI=1S/C19H18ClN3O2S/c1-11-4-3-5-16-18(11)23-19(26-16)22-17(25)10-15(21-12(2)24)13-6-8-14(20)9-7-13/h3-9,15H,10H2,1-2H3,(H,21,24)(H,22,23,25). The smallest absolute Gasteiger partial charge is 0.228 e. The van der Waals surface area contributed by atoms with Crippen LogP contribution in [0.5, 0.6) is 0 Å². The van der Waals surface area contributed by atoms with Gasteiger partial charge in [0.2, 0.25) is 11.8 Å². The lowest BCUT2D eigenvalue weighted by Gasteiger charge is -2.17. The maximum Gasteiger partial charge on any atom is 0.228 e. The number of hydrogen-bond acceptors (Lipinski definition) is 4. The van der Waals surface area contributed by atoms with Crippen molar-refractivity contribution in [3.05, 3.63) is 58.6 Å². The summed E-state index contributed by atoms with van der Waals surface area (Å²) in [4.78, 5) is 28.5. The zero-order valence-electron chi connectivity index (χ0n) is 14.4. The highest BCUT2D eigenvalue weighted by atomic mass is 35.5. The second-order valence-corrected chi connectivity index (χ2v) is 7.46. The van der Waals surface area contributed by atoms with Gasteiger partial charge in [0.1, 0.15) is 0 Å². The van der Waals surface area contributed by atoms with Gasteiger partial charge in [0, 0.05) is 11.9 Å². The first kappa shape index (κ1) is 18.4. The number of para-hydroxylation sites is 1. The SMILES string of the molecule is CC(=O)NC(CC(=O)Nc1nc2c(C)cccc2s1)c1ccc(Cl)cc1. The van der Waals surface area contributed by atoms with Crippen molar-refractivity contribution >= 4 is 50.1 Å². The molecule has 0 saturated heterocycles. The third-order valence-electron chi connectivity index (χ3n) is 3.91. The molecule has 0 aliphatic heterocycles. The van der Waals surface area contributed by atoms with E-state index in [4.69, 9.17) is 11.6 Å². The number of anilines is 1. The molecule has 1 aromatic heterocycles. The monoisotopic (exact) mass is 387 g/mol. The van der Waals surface area contributed by atoms with Crippen molar-refractivity contribution in [1.82, 2.24) is 10.3 Å². The molecule has 3 rings (SSSR count). The van der Waals surface area contributed by atoms with Crippen LogP contribution in [0.1, 0.15) is 30.5 Å². The Kier molecular flexibility index (Phi) is 5.54. The van der Waals surface area contributed by atoms with Crippen molar-refractivity contribution in [2.75, 3.05) is 5.32 Å². The molecule has 1 heterocycles. The summed E-state index contributed by atoms with van der Waals surface area (Å²) < 4.78 is 1.02. The molecule has 134 valence electrons. The number of rotatable bonds is 5. The number of thiazole rings is 1. The lowest BCUT2D eigenvalue weighted by atomic mass is 10.0. The van der Waals surface area contributed by atoms with Gasteiger partial charge in [0.25, 0.3) is 0 Å². The Morgan fingerprint density at radius 1 is 1.19 bits per heavy atom. The summed E-state index contributed by atoms with van der Waals surface area (Å²) >= 11 is 7.34. The van der Waals surface area contributed by atoms with E-state index in [-0.39, 0.29) is 18.2 Å². The molecule has 0 fully saturated rings. The van der Waals surface area contributed by atoms with Crippen molar-refractivity contribution in [2.45, 2.75) is 26.3 Å². The molecular formula is C19H18ClN3O2S. The Bertz CT molecular complexity index is 953. The number of hydrogen-bond donors (Lipinski definition) is 2. The van der Waals surface area contributed by atoms with Crippen molar-refractivity contribution in [3.8, 4) is 0 Å². The molecule has 2 amide bonds. The van der Waals surface area contributed by atoms with E-state index in [1.165, 1.54) is 18.3 Å². The number of aryl methyl sites for hydroxylation is 1. The van der Waals surface area contributed by atoms with Gasteiger partial charge in [-0.05, 0) is 36.2 Å². The second-order valence-electron chi connectivity index (χ2n) is 6.00. The van der Waals surface area contributed by atoms with Crippen LogP contribution in [0.25, 0.3) is 10.2 Å². The molecular weight excluding hydrogens is 370 g/mol. The molecule has 1 unspecified atom stereocenters. The van der Waals surface area contributed by atoms with Crippen LogP contribution < -0.4 is 10.6 Å². The van der Waals surface area contributed by atoms with Gasteiger partial charge >= 0.3 is 0 Å². The number of fused-ring (bicyclic) bond motifs is 1. The van der Waals surface area contributed by atoms with Gasteiger partial charge in [0.05, 0.1) is 22.7 Å². The van der Waals surface area contributed by atoms with Crippen LogP contribution in [0.2, 0.25) is 5.02 Å². The topological polar surface area (TPSA) is 71.1 Å². The first-order chi connectivity index (χ1) is 12.4. The number of benzene rings is 2. The van der Waals surface area contributed by atoms with Crippen LogP contribution in [0.4, 0.5) is 5.13 Å². The number of nitrogens with zero attached hydrogens (tertiary/aromatic N) is 1. The highest BCUT2D eigenvalue weighted by Gasteiger charge is 2.18. The van der Waals surface area contributed by atoms with E-state index in [1.807, 2.05) is 25.1 Å². The summed E-state index contributed by atoms with van der Waals surface area (Å²) in [5.41, 5.74) is 2.78. The minimum atomic E-state index is -0.430. The second kappa shape index (κ2) is 7.85. The minimum absolute atomic E-state index is 0.107. The largest absolute Gasteiger partial charge is 0.349 e. The summed E-state index contributed by atoms with van der Waals surface area (Å²) in [6.45, 7) is 3.41. The zero-order chi connectivity index (χ0) is 18.7. The molecule has 1 atom stereocenters. The third-order valence-corrected chi connectivity index (χ3v) is 5.09. The Balaban J connectivity index is 1.75. The van der Waals surface area contributed by atoms with Crippen molar-refractivity contribution in [2.24, 2.45) is 0 Å². The quantitative estimate of drug-likeness (QED) is 0.678. The van der Waals surface area contributed by atoms with E-state index < -0.39 is 6.04 Å². The Morgan fingerprint density at radius 3 is 2.58 bits per heavy atom. The van der Waals surface area contributed by atoms with Crippen LogP contribution in [0, 0.1) is 6.92 Å². The summed E-state index contributed by atoms with van der Waals surface area (Å²) in [6.07, 6.45) is 0.107. The van der Waals surface area contributed by atoms with Gasteiger partial charge in [-0.15, -0.1) is 0 Å². The fourth-order valence-electron chi connectivity index (χ4n) is 2.69. The third kappa shape index (κ3) is 4.39. The molecule has 0 radical (unpaired) electrons. The van der Waals surface area contributed by atoms with Crippen molar-refractivity contribution in [1.29, 1.82) is 0 Å². The molecule has 0 aliphatic rings. The van der Waals surface area contributed by atoms with Crippen LogP contribution >= 0.6 is 22.9 Å². The lowest BCUT2D eigenvalue weighted by Crippen LogP contribution is -2.29. The van der Waals surface area contributed by atoms with Gasteiger partial charge in [-0.1, -0.05) is 47.2 Å². The number of aromatic nitrogens is 1. The van der Waals surface area contributed by atoms with E-state index in [9.17, 15) is 9.59 Å². The summed E-state index contributed by atoms with van der Waals surface area (Å²) in [5.74, 6) is -0.413. The number of carbonyl (C=O) groups is 2. The van der Waals surface area contributed by atoms with E-state index in [2.05, 4.69) is 15.6 Å². The molecule has 2 N–H and O–H groups in total. The molecule has 7 heteroatoms. The Hall–Kier alpha value is -2.44. The maximum atomic E-state index is 12.5. The van der Waals surface area contributed by atoms with Gasteiger partial charge < -0.3 is 10.6 Å². The number of halogens is 1. The first-order valence-electron chi connectivity index (χ1n) is 8.11. The number of nitrogens with one attached hydrogen (secondary N) is 2. The van der Waals surface area contributed by atoms with E-state index in [0.29, 0.717) is 10.2 Å². The molecule has 3 aromatic rings. The van der Waals surface area contributed by atoms with Crippen molar-refractivity contribution < 1.29 is 9.59 Å². The first-order valence-corrected chi connectivity index (χ1v) is 9.30. The maximum absolute atomic E-state index is 12.5. The molecule has 0 aliphatic carbocycles. The highest BCUT2D eigenvalue weighted by molar-refractivity contribution is 7.22. The highest BCUT2D eigenvalue weighted by Crippen LogP contribution is 2.28. The Labute approximate surface area is 160 Å². The molecule has 26 heavy (non-hydrogen) atoms. The van der Waals surface area contributed by atoms with Gasteiger partial charge in [-0.3, -0.25) is 9.59 Å². The molecule has 5 nitrogen and oxygen atoms in total. The van der Waals surface area contributed by atoms with Crippen LogP contribution in [0.15, 0.2) is 42.5 Å². The molecule has 2 aromatic carbocycles. The van der Waals surface area contributed by atoms with Crippen LogP contribution in [-0.2, 0) is 9.59 Å². The fraction of sp³-hybridized carbons (Fsp3) is 0.211.